The van der Waals surface area contributed by atoms with Gasteiger partial charge >= 0.3 is 0 Å². The van der Waals surface area contributed by atoms with Crippen LogP contribution in [0.15, 0.2) is 24.3 Å². The molecule has 1 atom stereocenters. The summed E-state index contributed by atoms with van der Waals surface area (Å²) in [6.07, 6.45) is 4.55. The van der Waals surface area contributed by atoms with Gasteiger partial charge in [-0.15, -0.1) is 11.6 Å². The second-order valence-corrected chi connectivity index (χ2v) is 4.28. The molecule has 2 rings (SSSR count). The van der Waals surface area contributed by atoms with E-state index in [1.807, 2.05) is 6.08 Å². The van der Waals surface area contributed by atoms with Gasteiger partial charge in [-0.2, -0.15) is 0 Å². The molecule has 80 valence electrons. The van der Waals surface area contributed by atoms with E-state index in [2.05, 4.69) is 0 Å². The molecule has 0 aromatic heterocycles. The van der Waals surface area contributed by atoms with E-state index in [0.717, 1.165) is 30.9 Å². The number of hydrogen-bond donors (Lipinski definition) is 0. The van der Waals surface area contributed by atoms with E-state index in [0.29, 0.717) is 5.56 Å². The normalized spacial score (nSPS) is 21.3. The van der Waals surface area contributed by atoms with E-state index in [4.69, 9.17) is 11.6 Å². The van der Waals surface area contributed by atoms with Crippen LogP contribution in [0.5, 0.6) is 0 Å². The zero-order chi connectivity index (χ0) is 10.8. The van der Waals surface area contributed by atoms with E-state index in [1.165, 1.54) is 12.1 Å². The number of allylic oxidation sites excluding steroid dienone is 2. The highest BCUT2D eigenvalue weighted by atomic mass is 35.5. The molecule has 1 aliphatic carbocycles. The fourth-order valence-corrected chi connectivity index (χ4v) is 2.15. The molecule has 15 heavy (non-hydrogen) atoms. The van der Waals surface area contributed by atoms with Gasteiger partial charge in [0.25, 0.3) is 0 Å². The summed E-state index contributed by atoms with van der Waals surface area (Å²) < 4.78 is 26.1. The van der Waals surface area contributed by atoms with Gasteiger partial charge < -0.3 is 0 Å². The van der Waals surface area contributed by atoms with E-state index in [1.54, 1.807) is 0 Å². The van der Waals surface area contributed by atoms with Crippen molar-refractivity contribution in [1.82, 2.24) is 0 Å². The summed E-state index contributed by atoms with van der Waals surface area (Å²) in [5.41, 5.74) is 1.36. The zero-order valence-electron chi connectivity index (χ0n) is 8.14. The molecule has 0 N–H and O–H groups in total. The SMILES string of the molecule is Fc1ccc(C2=CC(Cl)CCC2)c(F)c1. The number of hydrogen-bond acceptors (Lipinski definition) is 0. The highest BCUT2D eigenvalue weighted by Crippen LogP contribution is 2.30. The van der Waals surface area contributed by atoms with Crippen LogP contribution in [0.25, 0.3) is 5.57 Å². The Labute approximate surface area is 92.6 Å². The molecule has 1 unspecified atom stereocenters. The van der Waals surface area contributed by atoms with Gasteiger partial charge in [-0.25, -0.2) is 8.78 Å². The molecule has 0 heterocycles. The van der Waals surface area contributed by atoms with Crippen LogP contribution in [0.2, 0.25) is 0 Å². The molecule has 0 bridgehead atoms. The van der Waals surface area contributed by atoms with Gasteiger partial charge in [0.2, 0.25) is 0 Å². The maximum Gasteiger partial charge on any atom is 0.133 e. The van der Waals surface area contributed by atoms with Crippen molar-refractivity contribution in [1.29, 1.82) is 0 Å². The predicted molar refractivity (Wildman–Crippen MR) is 57.8 cm³/mol. The second-order valence-electron chi connectivity index (χ2n) is 3.72. The van der Waals surface area contributed by atoms with Crippen molar-refractivity contribution in [3.63, 3.8) is 0 Å². The van der Waals surface area contributed by atoms with Gasteiger partial charge in [0, 0.05) is 11.6 Å². The average molecular weight is 229 g/mol. The smallest absolute Gasteiger partial charge is 0.133 e. The Hall–Kier alpha value is -0.890. The topological polar surface area (TPSA) is 0 Å². The molecule has 3 heteroatoms. The van der Waals surface area contributed by atoms with Crippen molar-refractivity contribution in [2.75, 3.05) is 0 Å². The predicted octanol–water partition coefficient (Wildman–Crippen LogP) is 4.14. The summed E-state index contributed by atoms with van der Waals surface area (Å²) in [7, 11) is 0. The fraction of sp³-hybridized carbons (Fsp3) is 0.333. The lowest BCUT2D eigenvalue weighted by Gasteiger charge is -2.17. The first-order valence-electron chi connectivity index (χ1n) is 4.97. The number of benzene rings is 1. The third kappa shape index (κ3) is 2.37. The molecule has 0 fully saturated rings. The summed E-state index contributed by atoms with van der Waals surface area (Å²) in [5.74, 6) is -1.05. The third-order valence-electron chi connectivity index (χ3n) is 2.59. The van der Waals surface area contributed by atoms with Crippen LogP contribution in [0.1, 0.15) is 24.8 Å². The molecule has 1 aromatic carbocycles. The van der Waals surface area contributed by atoms with Gasteiger partial charge in [-0.1, -0.05) is 6.08 Å². The first-order valence-corrected chi connectivity index (χ1v) is 5.40. The van der Waals surface area contributed by atoms with Crippen LogP contribution in [-0.2, 0) is 0 Å². The van der Waals surface area contributed by atoms with Gasteiger partial charge in [-0.05, 0) is 37.0 Å². The minimum absolute atomic E-state index is 0.0294. The Bertz CT molecular complexity index is 399. The van der Waals surface area contributed by atoms with Gasteiger partial charge in [-0.3, -0.25) is 0 Å². The Morgan fingerprint density at radius 3 is 2.73 bits per heavy atom. The van der Waals surface area contributed by atoms with Crippen LogP contribution in [0.3, 0.4) is 0 Å². The van der Waals surface area contributed by atoms with Crippen molar-refractivity contribution in [2.24, 2.45) is 0 Å². The first kappa shape index (κ1) is 10.6. The van der Waals surface area contributed by atoms with E-state index in [-0.39, 0.29) is 5.38 Å². The van der Waals surface area contributed by atoms with Crippen molar-refractivity contribution >= 4 is 17.2 Å². The number of alkyl halides is 1. The Balaban J connectivity index is 2.37. The number of halogens is 3. The summed E-state index contributed by atoms with van der Waals surface area (Å²) in [4.78, 5) is 0. The second kappa shape index (κ2) is 4.31. The largest absolute Gasteiger partial charge is 0.207 e. The summed E-state index contributed by atoms with van der Waals surface area (Å²) in [6, 6.07) is 3.66. The minimum Gasteiger partial charge on any atom is -0.207 e. The molecule has 0 saturated heterocycles. The molecule has 0 radical (unpaired) electrons. The number of rotatable bonds is 1. The minimum atomic E-state index is -0.546. The van der Waals surface area contributed by atoms with E-state index >= 15 is 0 Å². The molecule has 0 amide bonds. The quantitative estimate of drug-likeness (QED) is 0.634. The van der Waals surface area contributed by atoms with Crippen LogP contribution in [-0.4, -0.2) is 5.38 Å². The molecular weight excluding hydrogens is 218 g/mol. The van der Waals surface area contributed by atoms with Crippen LogP contribution >= 0.6 is 11.6 Å². The average Bonchev–Trinajstić information content (AvgIpc) is 2.17. The van der Waals surface area contributed by atoms with Crippen LogP contribution < -0.4 is 0 Å². The monoisotopic (exact) mass is 228 g/mol. The third-order valence-corrected chi connectivity index (χ3v) is 2.93. The molecule has 0 saturated carbocycles. The lowest BCUT2D eigenvalue weighted by Crippen LogP contribution is -2.04. The van der Waals surface area contributed by atoms with Crippen molar-refractivity contribution < 1.29 is 8.78 Å². The van der Waals surface area contributed by atoms with Crippen LogP contribution in [0, 0.1) is 11.6 Å². The zero-order valence-corrected chi connectivity index (χ0v) is 8.90. The van der Waals surface area contributed by atoms with Gasteiger partial charge in [0.15, 0.2) is 0 Å². The van der Waals surface area contributed by atoms with Crippen molar-refractivity contribution in [2.45, 2.75) is 24.6 Å². The van der Waals surface area contributed by atoms with Crippen molar-refractivity contribution in [3.05, 3.63) is 41.5 Å². The Morgan fingerprint density at radius 1 is 1.27 bits per heavy atom. The maximum atomic E-state index is 13.4. The highest BCUT2D eigenvalue weighted by Gasteiger charge is 2.15. The Kier molecular flexibility index (Phi) is 3.06. The highest BCUT2D eigenvalue weighted by molar-refractivity contribution is 6.22. The van der Waals surface area contributed by atoms with Crippen LogP contribution in [0.4, 0.5) is 8.78 Å². The molecule has 1 aliphatic rings. The maximum absolute atomic E-state index is 13.4. The first-order chi connectivity index (χ1) is 7.16. The van der Waals surface area contributed by atoms with E-state index in [9.17, 15) is 8.78 Å². The fourth-order valence-electron chi connectivity index (χ4n) is 1.85. The molecule has 0 spiro atoms. The summed E-state index contributed by atoms with van der Waals surface area (Å²) >= 11 is 5.97. The molecule has 0 aliphatic heterocycles. The lowest BCUT2D eigenvalue weighted by molar-refractivity contribution is 0.579. The summed E-state index contributed by atoms with van der Waals surface area (Å²) in [6.45, 7) is 0. The lowest BCUT2D eigenvalue weighted by atomic mass is 9.93. The van der Waals surface area contributed by atoms with Gasteiger partial charge in [0.05, 0.1) is 5.38 Å². The molecule has 0 nitrogen and oxygen atoms in total. The van der Waals surface area contributed by atoms with Crippen molar-refractivity contribution in [3.8, 4) is 0 Å². The Morgan fingerprint density at radius 2 is 2.07 bits per heavy atom. The summed E-state index contributed by atoms with van der Waals surface area (Å²) in [5, 5.41) is -0.0294. The molecular formula is C12H11ClF2. The standard InChI is InChI=1S/C12H11ClF2/c13-9-3-1-2-8(6-9)11-5-4-10(14)7-12(11)15/h4-7,9H,1-3H2. The van der Waals surface area contributed by atoms with Gasteiger partial charge in [0.1, 0.15) is 11.6 Å². The molecule has 1 aromatic rings. The van der Waals surface area contributed by atoms with E-state index < -0.39 is 11.6 Å².